The molecule has 0 aliphatic heterocycles. The first-order valence-corrected chi connectivity index (χ1v) is 5.92. The maximum atomic E-state index is 12.8. The van der Waals surface area contributed by atoms with Gasteiger partial charge in [-0.05, 0) is 29.8 Å². The largest absolute Gasteiger partial charge is 0.481 e. The molecule has 0 fully saturated rings. The normalized spacial score (nSPS) is 11.5. The highest BCUT2D eigenvalue weighted by Crippen LogP contribution is 2.27. The van der Waals surface area contributed by atoms with Gasteiger partial charge in [-0.25, -0.2) is 9.37 Å². The average Bonchev–Trinajstić information content (AvgIpc) is 2.78. The number of nitrogens with zero attached hydrogens (tertiary/aromatic N) is 1. The van der Waals surface area contributed by atoms with Gasteiger partial charge in [0.25, 0.3) is 0 Å². The van der Waals surface area contributed by atoms with Gasteiger partial charge in [0.05, 0.1) is 18.3 Å². The van der Waals surface area contributed by atoms with Crippen LogP contribution in [0.3, 0.4) is 0 Å². The van der Waals surface area contributed by atoms with Crippen LogP contribution in [0.4, 0.5) is 4.39 Å². The summed E-state index contributed by atoms with van der Waals surface area (Å²) < 4.78 is 12.8. The molecular weight excluding hydrogens is 247 g/mol. The van der Waals surface area contributed by atoms with E-state index in [9.17, 15) is 9.18 Å². The summed E-state index contributed by atoms with van der Waals surface area (Å²) in [5.41, 5.74) is 0.976. The SMILES string of the molecule is CC(C)(CC(=O)O)c1ncc(-c2ccc(F)cc2)[nH]1. The van der Waals surface area contributed by atoms with Gasteiger partial charge in [-0.1, -0.05) is 13.8 Å². The molecule has 0 aliphatic carbocycles. The summed E-state index contributed by atoms with van der Waals surface area (Å²) in [6.45, 7) is 3.63. The fraction of sp³-hybridized carbons (Fsp3) is 0.286. The van der Waals surface area contributed by atoms with E-state index in [4.69, 9.17) is 5.11 Å². The maximum Gasteiger partial charge on any atom is 0.304 e. The Morgan fingerprint density at radius 1 is 1.37 bits per heavy atom. The second kappa shape index (κ2) is 4.84. The summed E-state index contributed by atoms with van der Waals surface area (Å²) in [5, 5.41) is 8.88. The number of carboxylic acids is 1. The van der Waals surface area contributed by atoms with E-state index in [1.54, 1.807) is 18.3 Å². The van der Waals surface area contributed by atoms with Gasteiger partial charge in [0.2, 0.25) is 0 Å². The molecule has 1 aromatic carbocycles. The van der Waals surface area contributed by atoms with Crippen LogP contribution in [0.2, 0.25) is 0 Å². The summed E-state index contributed by atoms with van der Waals surface area (Å²) in [6.07, 6.45) is 1.62. The Morgan fingerprint density at radius 3 is 2.58 bits per heavy atom. The lowest BCUT2D eigenvalue weighted by Gasteiger charge is -2.19. The lowest BCUT2D eigenvalue weighted by atomic mass is 9.88. The molecule has 4 nitrogen and oxygen atoms in total. The molecule has 0 atom stereocenters. The Kier molecular flexibility index (Phi) is 3.38. The van der Waals surface area contributed by atoms with Gasteiger partial charge in [0.1, 0.15) is 11.6 Å². The van der Waals surface area contributed by atoms with Crippen molar-refractivity contribution in [2.45, 2.75) is 25.7 Å². The summed E-state index contributed by atoms with van der Waals surface area (Å²) in [6, 6.07) is 6.05. The molecule has 0 unspecified atom stereocenters. The fourth-order valence-corrected chi connectivity index (χ4v) is 1.90. The van der Waals surface area contributed by atoms with Crippen LogP contribution in [0.15, 0.2) is 30.5 Å². The van der Waals surface area contributed by atoms with Gasteiger partial charge in [0.15, 0.2) is 0 Å². The van der Waals surface area contributed by atoms with Gasteiger partial charge >= 0.3 is 5.97 Å². The number of hydrogen-bond donors (Lipinski definition) is 2. The van der Waals surface area contributed by atoms with Crippen molar-refractivity contribution in [1.29, 1.82) is 0 Å². The number of carboxylic acid groups (broad SMARTS) is 1. The van der Waals surface area contributed by atoms with Crippen molar-refractivity contribution < 1.29 is 14.3 Å². The number of H-pyrrole nitrogens is 1. The number of benzene rings is 1. The Hall–Kier alpha value is -2.17. The number of hydrogen-bond acceptors (Lipinski definition) is 2. The molecule has 2 rings (SSSR count). The Labute approximate surface area is 110 Å². The molecule has 1 heterocycles. The van der Waals surface area contributed by atoms with Gasteiger partial charge in [-0.3, -0.25) is 4.79 Å². The Bertz CT molecular complexity index is 588. The van der Waals surface area contributed by atoms with Crippen molar-refractivity contribution in [2.24, 2.45) is 0 Å². The predicted octanol–water partition coefficient (Wildman–Crippen LogP) is 2.97. The third-order valence-corrected chi connectivity index (χ3v) is 2.97. The van der Waals surface area contributed by atoms with E-state index in [0.29, 0.717) is 5.82 Å². The third kappa shape index (κ3) is 2.99. The smallest absolute Gasteiger partial charge is 0.304 e. The molecule has 1 aromatic heterocycles. The molecule has 0 radical (unpaired) electrons. The zero-order valence-electron chi connectivity index (χ0n) is 10.8. The van der Waals surface area contributed by atoms with Gasteiger partial charge in [-0.2, -0.15) is 0 Å². The summed E-state index contributed by atoms with van der Waals surface area (Å²) in [5.74, 6) is -0.561. The van der Waals surface area contributed by atoms with E-state index in [2.05, 4.69) is 9.97 Å². The number of halogens is 1. The third-order valence-electron chi connectivity index (χ3n) is 2.97. The van der Waals surface area contributed by atoms with E-state index in [1.807, 2.05) is 13.8 Å². The fourth-order valence-electron chi connectivity index (χ4n) is 1.90. The standard InChI is InChI=1S/C14H15FN2O2/c1-14(2,7-12(18)19)13-16-8-11(17-13)9-3-5-10(15)6-4-9/h3-6,8H,7H2,1-2H3,(H,16,17)(H,18,19). The molecule has 2 aromatic rings. The van der Waals surface area contributed by atoms with Crippen molar-refractivity contribution in [3.05, 3.63) is 42.1 Å². The topological polar surface area (TPSA) is 66.0 Å². The lowest BCUT2D eigenvalue weighted by molar-refractivity contribution is -0.138. The summed E-state index contributed by atoms with van der Waals surface area (Å²) in [4.78, 5) is 18.1. The number of imidazole rings is 1. The Morgan fingerprint density at radius 2 is 2.00 bits per heavy atom. The van der Waals surface area contributed by atoms with Gasteiger partial charge in [-0.15, -0.1) is 0 Å². The van der Waals surface area contributed by atoms with Crippen LogP contribution in [0.25, 0.3) is 11.3 Å². The molecule has 19 heavy (non-hydrogen) atoms. The van der Waals surface area contributed by atoms with Crippen molar-refractivity contribution in [2.75, 3.05) is 0 Å². The molecule has 100 valence electrons. The highest BCUT2D eigenvalue weighted by Gasteiger charge is 2.27. The Balaban J connectivity index is 2.28. The van der Waals surface area contributed by atoms with Crippen molar-refractivity contribution in [3.63, 3.8) is 0 Å². The molecule has 0 saturated carbocycles. The molecule has 0 aliphatic rings. The minimum absolute atomic E-state index is 0.0105. The van der Waals surface area contributed by atoms with Crippen molar-refractivity contribution in [3.8, 4) is 11.3 Å². The van der Waals surface area contributed by atoms with Crippen LogP contribution in [0.1, 0.15) is 26.1 Å². The minimum atomic E-state index is -0.871. The maximum absolute atomic E-state index is 12.8. The number of rotatable bonds is 4. The molecule has 0 amide bonds. The van der Waals surface area contributed by atoms with Gasteiger partial charge in [0, 0.05) is 5.41 Å². The number of aliphatic carboxylic acids is 1. The van der Waals surface area contributed by atoms with Crippen LogP contribution in [0, 0.1) is 5.82 Å². The monoisotopic (exact) mass is 262 g/mol. The molecule has 0 bridgehead atoms. The molecule has 2 N–H and O–H groups in total. The van der Waals surface area contributed by atoms with Crippen LogP contribution >= 0.6 is 0 Å². The van der Waals surface area contributed by atoms with E-state index >= 15 is 0 Å². The van der Waals surface area contributed by atoms with E-state index in [-0.39, 0.29) is 12.2 Å². The summed E-state index contributed by atoms with van der Waals surface area (Å²) in [7, 11) is 0. The quantitative estimate of drug-likeness (QED) is 0.890. The van der Waals surface area contributed by atoms with E-state index in [0.717, 1.165) is 11.3 Å². The summed E-state index contributed by atoms with van der Waals surface area (Å²) >= 11 is 0. The van der Waals surface area contributed by atoms with Crippen LogP contribution in [0.5, 0.6) is 0 Å². The lowest BCUT2D eigenvalue weighted by Crippen LogP contribution is -2.23. The van der Waals surface area contributed by atoms with E-state index in [1.165, 1.54) is 12.1 Å². The minimum Gasteiger partial charge on any atom is -0.481 e. The molecule has 5 heteroatoms. The number of nitrogens with one attached hydrogen (secondary N) is 1. The number of aromatic amines is 1. The second-order valence-electron chi connectivity index (χ2n) is 5.11. The average molecular weight is 262 g/mol. The van der Waals surface area contributed by atoms with Crippen molar-refractivity contribution in [1.82, 2.24) is 9.97 Å². The van der Waals surface area contributed by atoms with E-state index < -0.39 is 11.4 Å². The predicted molar refractivity (Wildman–Crippen MR) is 69.3 cm³/mol. The van der Waals surface area contributed by atoms with Crippen molar-refractivity contribution >= 4 is 5.97 Å². The highest BCUT2D eigenvalue weighted by atomic mass is 19.1. The second-order valence-corrected chi connectivity index (χ2v) is 5.11. The first-order valence-electron chi connectivity index (χ1n) is 5.92. The van der Waals surface area contributed by atoms with Gasteiger partial charge < -0.3 is 10.1 Å². The molecule has 0 spiro atoms. The van der Waals surface area contributed by atoms with Crippen LogP contribution < -0.4 is 0 Å². The van der Waals surface area contributed by atoms with Crippen LogP contribution in [-0.4, -0.2) is 21.0 Å². The highest BCUT2D eigenvalue weighted by molar-refractivity contribution is 5.68. The molecular formula is C14H15FN2O2. The number of aromatic nitrogens is 2. The van der Waals surface area contributed by atoms with Crippen LogP contribution in [-0.2, 0) is 10.2 Å². The number of carbonyl (C=O) groups is 1. The first-order chi connectivity index (χ1) is 8.88. The zero-order chi connectivity index (χ0) is 14.0. The zero-order valence-corrected chi connectivity index (χ0v) is 10.8. The first kappa shape index (κ1) is 13.3. The molecule has 0 saturated heterocycles.